The molecule has 4 rings (SSSR count). The van der Waals surface area contributed by atoms with Crippen molar-refractivity contribution in [3.63, 3.8) is 0 Å². The van der Waals surface area contributed by atoms with Crippen LogP contribution in [0.4, 0.5) is 0 Å². The molecular weight excluding hydrogens is 372 g/mol. The highest BCUT2D eigenvalue weighted by Crippen LogP contribution is 2.24. The Bertz CT molecular complexity index is 1020. The molecule has 0 saturated heterocycles. The van der Waals surface area contributed by atoms with E-state index in [0.29, 0.717) is 12.2 Å². The molecule has 2 aromatic carbocycles. The minimum absolute atomic E-state index is 0.0280. The van der Waals surface area contributed by atoms with Crippen LogP contribution >= 0.6 is 0 Å². The molecule has 1 aliphatic heterocycles. The lowest BCUT2D eigenvalue weighted by molar-refractivity contribution is 0.0819. The Labute approximate surface area is 178 Å². The Morgan fingerprint density at radius 1 is 1.07 bits per heavy atom. The standard InChI is InChI=1S/C25H28N4O/c1-27(2)25(30)24-22-19-28(16-9-14-20-10-5-3-6-11-20)17-15-23(22)29(26-24)18-21-12-7-4-8-13-21/h3-14H,15-19H2,1-2H3/b14-9+. The first-order valence-corrected chi connectivity index (χ1v) is 10.4. The molecule has 30 heavy (non-hydrogen) atoms. The van der Waals surface area contributed by atoms with Gasteiger partial charge in [0.2, 0.25) is 0 Å². The van der Waals surface area contributed by atoms with E-state index in [1.54, 1.807) is 19.0 Å². The Balaban J connectivity index is 1.55. The third kappa shape index (κ3) is 4.52. The molecule has 0 radical (unpaired) electrons. The fraction of sp³-hybridized carbons (Fsp3) is 0.280. The van der Waals surface area contributed by atoms with Gasteiger partial charge < -0.3 is 4.90 Å². The van der Waals surface area contributed by atoms with Crippen molar-refractivity contribution in [1.82, 2.24) is 19.6 Å². The van der Waals surface area contributed by atoms with Gasteiger partial charge in [0.15, 0.2) is 5.69 Å². The van der Waals surface area contributed by atoms with Gasteiger partial charge in [-0.2, -0.15) is 5.10 Å². The maximum absolute atomic E-state index is 12.8. The van der Waals surface area contributed by atoms with Gasteiger partial charge in [-0.25, -0.2) is 0 Å². The predicted octanol–water partition coefficient (Wildman–Crippen LogP) is 3.70. The molecule has 0 unspecified atom stereocenters. The average Bonchev–Trinajstić information content (AvgIpc) is 3.12. The maximum Gasteiger partial charge on any atom is 0.274 e. The molecule has 5 nitrogen and oxygen atoms in total. The van der Waals surface area contributed by atoms with Gasteiger partial charge in [-0.05, 0) is 11.1 Å². The van der Waals surface area contributed by atoms with E-state index < -0.39 is 0 Å². The number of hydrogen-bond donors (Lipinski definition) is 0. The van der Waals surface area contributed by atoms with E-state index in [-0.39, 0.29) is 5.91 Å². The van der Waals surface area contributed by atoms with Gasteiger partial charge in [0.1, 0.15) is 0 Å². The van der Waals surface area contributed by atoms with Crippen molar-refractivity contribution >= 4 is 12.0 Å². The van der Waals surface area contributed by atoms with Gasteiger partial charge >= 0.3 is 0 Å². The second-order valence-electron chi connectivity index (χ2n) is 7.91. The van der Waals surface area contributed by atoms with Gasteiger partial charge in [0.25, 0.3) is 5.91 Å². The minimum atomic E-state index is -0.0280. The van der Waals surface area contributed by atoms with Crippen LogP contribution in [-0.4, -0.2) is 52.7 Å². The molecule has 0 saturated carbocycles. The highest BCUT2D eigenvalue weighted by atomic mass is 16.2. The van der Waals surface area contributed by atoms with Gasteiger partial charge in [-0.1, -0.05) is 72.8 Å². The lowest BCUT2D eigenvalue weighted by Gasteiger charge is -2.26. The van der Waals surface area contributed by atoms with E-state index >= 15 is 0 Å². The average molecular weight is 401 g/mol. The lowest BCUT2D eigenvalue weighted by atomic mass is 10.0. The zero-order chi connectivity index (χ0) is 20.9. The van der Waals surface area contributed by atoms with E-state index in [0.717, 1.165) is 31.6 Å². The molecule has 0 spiro atoms. The van der Waals surface area contributed by atoms with Crippen molar-refractivity contribution < 1.29 is 4.79 Å². The van der Waals surface area contributed by atoms with Crippen LogP contribution in [0.25, 0.3) is 6.08 Å². The number of aromatic nitrogens is 2. The van der Waals surface area contributed by atoms with Crippen LogP contribution in [0.3, 0.4) is 0 Å². The zero-order valence-electron chi connectivity index (χ0n) is 17.7. The van der Waals surface area contributed by atoms with E-state index in [4.69, 9.17) is 5.10 Å². The first-order chi connectivity index (χ1) is 14.6. The Morgan fingerprint density at radius 2 is 1.77 bits per heavy atom. The molecule has 3 aromatic rings. The topological polar surface area (TPSA) is 41.4 Å². The summed E-state index contributed by atoms with van der Waals surface area (Å²) in [6.45, 7) is 3.26. The fourth-order valence-corrected chi connectivity index (χ4v) is 3.88. The third-order valence-electron chi connectivity index (χ3n) is 5.47. The predicted molar refractivity (Wildman–Crippen MR) is 120 cm³/mol. The molecule has 1 amide bonds. The summed E-state index contributed by atoms with van der Waals surface area (Å²) >= 11 is 0. The lowest BCUT2D eigenvalue weighted by Crippen LogP contribution is -2.32. The number of rotatable bonds is 6. The second kappa shape index (κ2) is 9.09. The van der Waals surface area contributed by atoms with E-state index in [2.05, 4.69) is 41.3 Å². The largest absolute Gasteiger partial charge is 0.343 e. The number of amides is 1. The SMILES string of the molecule is CN(C)C(=O)c1nn(Cc2ccccc2)c2c1CN(C/C=C/c1ccccc1)CC2. The van der Waals surface area contributed by atoms with Crippen LogP contribution in [0, 0.1) is 0 Å². The highest BCUT2D eigenvalue weighted by molar-refractivity contribution is 5.93. The summed E-state index contributed by atoms with van der Waals surface area (Å²) in [6, 6.07) is 20.6. The summed E-state index contributed by atoms with van der Waals surface area (Å²) in [4.78, 5) is 16.8. The Hall–Kier alpha value is -3.18. The van der Waals surface area contributed by atoms with Crippen molar-refractivity contribution in [2.75, 3.05) is 27.2 Å². The van der Waals surface area contributed by atoms with Crippen LogP contribution in [0.1, 0.15) is 32.9 Å². The number of nitrogens with zero attached hydrogens (tertiary/aromatic N) is 4. The molecule has 1 aliphatic rings. The smallest absolute Gasteiger partial charge is 0.274 e. The van der Waals surface area contributed by atoms with Crippen LogP contribution in [0.2, 0.25) is 0 Å². The normalized spacial score (nSPS) is 14.1. The van der Waals surface area contributed by atoms with Crippen molar-refractivity contribution in [2.24, 2.45) is 0 Å². The third-order valence-corrected chi connectivity index (χ3v) is 5.47. The molecule has 0 atom stereocenters. The van der Waals surface area contributed by atoms with E-state index in [1.165, 1.54) is 16.8 Å². The van der Waals surface area contributed by atoms with Gasteiger partial charge in [-0.3, -0.25) is 14.4 Å². The van der Waals surface area contributed by atoms with Crippen LogP contribution in [-0.2, 0) is 19.5 Å². The fourth-order valence-electron chi connectivity index (χ4n) is 3.88. The van der Waals surface area contributed by atoms with E-state index in [1.807, 2.05) is 41.1 Å². The Kier molecular flexibility index (Phi) is 6.10. The molecule has 0 N–H and O–H groups in total. The Morgan fingerprint density at radius 3 is 2.47 bits per heavy atom. The number of carbonyl (C=O) groups is 1. The number of carbonyl (C=O) groups excluding carboxylic acids is 1. The van der Waals surface area contributed by atoms with Crippen LogP contribution in [0.5, 0.6) is 0 Å². The number of hydrogen-bond acceptors (Lipinski definition) is 3. The van der Waals surface area contributed by atoms with Crippen LogP contribution < -0.4 is 0 Å². The molecule has 1 aromatic heterocycles. The molecule has 5 heteroatoms. The zero-order valence-corrected chi connectivity index (χ0v) is 17.7. The summed E-state index contributed by atoms with van der Waals surface area (Å²) in [5.74, 6) is -0.0280. The summed E-state index contributed by atoms with van der Waals surface area (Å²) in [5, 5.41) is 4.75. The minimum Gasteiger partial charge on any atom is -0.343 e. The molecule has 2 heterocycles. The first kappa shape index (κ1) is 20.1. The molecule has 0 fully saturated rings. The number of fused-ring (bicyclic) bond motifs is 1. The van der Waals surface area contributed by atoms with Crippen LogP contribution in [0.15, 0.2) is 66.7 Å². The molecular formula is C25H28N4O. The molecule has 154 valence electrons. The first-order valence-electron chi connectivity index (χ1n) is 10.4. The van der Waals surface area contributed by atoms with Crippen molar-refractivity contribution in [3.8, 4) is 0 Å². The molecule has 0 bridgehead atoms. The second-order valence-corrected chi connectivity index (χ2v) is 7.91. The molecule has 0 aliphatic carbocycles. The summed E-state index contributed by atoms with van der Waals surface area (Å²) in [5.41, 5.74) is 5.24. The monoisotopic (exact) mass is 400 g/mol. The quantitative estimate of drug-likeness (QED) is 0.634. The summed E-state index contributed by atoms with van der Waals surface area (Å²) in [6.07, 6.45) is 5.25. The number of benzene rings is 2. The van der Waals surface area contributed by atoms with Crippen molar-refractivity contribution in [3.05, 3.63) is 94.8 Å². The van der Waals surface area contributed by atoms with E-state index in [9.17, 15) is 4.79 Å². The van der Waals surface area contributed by atoms with Gasteiger partial charge in [0, 0.05) is 51.4 Å². The van der Waals surface area contributed by atoms with Gasteiger partial charge in [-0.15, -0.1) is 0 Å². The van der Waals surface area contributed by atoms with Gasteiger partial charge in [0.05, 0.1) is 6.54 Å². The van der Waals surface area contributed by atoms with Crippen molar-refractivity contribution in [2.45, 2.75) is 19.5 Å². The maximum atomic E-state index is 12.8. The summed E-state index contributed by atoms with van der Waals surface area (Å²) < 4.78 is 2.03. The highest BCUT2D eigenvalue weighted by Gasteiger charge is 2.28. The van der Waals surface area contributed by atoms with Crippen molar-refractivity contribution in [1.29, 1.82) is 0 Å². The summed E-state index contributed by atoms with van der Waals surface area (Å²) in [7, 11) is 3.57.